The summed E-state index contributed by atoms with van der Waals surface area (Å²) in [6.45, 7) is 8.24. The molecule has 1 aliphatic heterocycles. The maximum Gasteiger partial charge on any atom is 0.161 e. The van der Waals surface area contributed by atoms with Crippen molar-refractivity contribution in [1.29, 1.82) is 0 Å². The largest absolute Gasteiger partial charge is 0.486 e. The monoisotopic (exact) mass is 248 g/mol. The van der Waals surface area contributed by atoms with Gasteiger partial charge in [0.2, 0.25) is 0 Å². The van der Waals surface area contributed by atoms with Crippen molar-refractivity contribution < 1.29 is 9.47 Å². The van der Waals surface area contributed by atoms with Crippen LogP contribution in [-0.4, -0.2) is 13.2 Å². The highest BCUT2D eigenvalue weighted by Gasteiger charge is 2.12. The fraction of sp³-hybridized carbons (Fsp3) is 0.625. The molecule has 0 spiro atoms. The highest BCUT2D eigenvalue weighted by molar-refractivity contribution is 5.43. The molecule has 1 aliphatic rings. The lowest BCUT2D eigenvalue weighted by atomic mass is 9.89. The van der Waals surface area contributed by atoms with Crippen LogP contribution in [0, 0.1) is 5.41 Å². The van der Waals surface area contributed by atoms with Crippen LogP contribution in [0.25, 0.3) is 0 Å². The SMILES string of the molecule is CC(C)(C)CCCCc1ccc2c(c1)OCCO2. The number of hydrogen-bond donors (Lipinski definition) is 0. The molecule has 2 nitrogen and oxygen atoms in total. The van der Waals surface area contributed by atoms with Crippen molar-refractivity contribution in [2.24, 2.45) is 5.41 Å². The summed E-state index contributed by atoms with van der Waals surface area (Å²) >= 11 is 0. The zero-order valence-electron chi connectivity index (χ0n) is 11.8. The maximum atomic E-state index is 5.60. The Bertz CT molecular complexity index is 391. The Hall–Kier alpha value is -1.18. The molecule has 0 unspecified atom stereocenters. The van der Waals surface area contributed by atoms with E-state index in [1.165, 1.54) is 24.8 Å². The second-order valence-corrected chi connectivity index (χ2v) is 6.25. The van der Waals surface area contributed by atoms with E-state index in [1.807, 2.05) is 6.07 Å². The number of aryl methyl sites for hydroxylation is 1. The summed E-state index contributed by atoms with van der Waals surface area (Å²) in [6, 6.07) is 6.32. The number of benzene rings is 1. The first kappa shape index (κ1) is 13.3. The van der Waals surface area contributed by atoms with Crippen LogP contribution in [0.2, 0.25) is 0 Å². The molecule has 1 aromatic carbocycles. The summed E-state index contributed by atoms with van der Waals surface area (Å²) in [5.41, 5.74) is 1.81. The van der Waals surface area contributed by atoms with Crippen LogP contribution in [0.5, 0.6) is 11.5 Å². The molecular formula is C16H24O2. The van der Waals surface area contributed by atoms with Crippen LogP contribution in [0.15, 0.2) is 18.2 Å². The average Bonchev–Trinajstić information content (AvgIpc) is 2.33. The van der Waals surface area contributed by atoms with E-state index in [0.29, 0.717) is 18.6 Å². The molecule has 0 saturated heterocycles. The lowest BCUT2D eigenvalue weighted by Crippen LogP contribution is -2.15. The molecule has 0 N–H and O–H groups in total. The molecule has 100 valence electrons. The number of fused-ring (bicyclic) bond motifs is 1. The van der Waals surface area contributed by atoms with Crippen molar-refractivity contribution in [3.8, 4) is 11.5 Å². The summed E-state index contributed by atoms with van der Waals surface area (Å²) in [5.74, 6) is 1.80. The molecule has 18 heavy (non-hydrogen) atoms. The fourth-order valence-corrected chi connectivity index (χ4v) is 2.23. The van der Waals surface area contributed by atoms with E-state index in [2.05, 4.69) is 32.9 Å². The van der Waals surface area contributed by atoms with E-state index in [4.69, 9.17) is 9.47 Å². The van der Waals surface area contributed by atoms with Gasteiger partial charge in [-0.05, 0) is 42.4 Å². The van der Waals surface area contributed by atoms with E-state index in [1.54, 1.807) is 0 Å². The van der Waals surface area contributed by atoms with Crippen LogP contribution >= 0.6 is 0 Å². The summed E-state index contributed by atoms with van der Waals surface area (Å²) in [6.07, 6.45) is 4.96. The van der Waals surface area contributed by atoms with Gasteiger partial charge in [0.1, 0.15) is 13.2 Å². The Balaban J connectivity index is 1.83. The van der Waals surface area contributed by atoms with Gasteiger partial charge in [0.05, 0.1) is 0 Å². The fourth-order valence-electron chi connectivity index (χ4n) is 2.23. The number of hydrogen-bond acceptors (Lipinski definition) is 2. The molecule has 2 rings (SSSR count). The molecule has 1 aromatic rings. The van der Waals surface area contributed by atoms with E-state index in [0.717, 1.165) is 17.9 Å². The summed E-state index contributed by atoms with van der Waals surface area (Å²) < 4.78 is 11.1. The molecular weight excluding hydrogens is 224 g/mol. The average molecular weight is 248 g/mol. The minimum Gasteiger partial charge on any atom is -0.486 e. The van der Waals surface area contributed by atoms with Gasteiger partial charge in [-0.1, -0.05) is 33.3 Å². The van der Waals surface area contributed by atoms with Crippen LogP contribution in [-0.2, 0) is 6.42 Å². The molecule has 0 saturated carbocycles. The summed E-state index contributed by atoms with van der Waals surface area (Å²) in [7, 11) is 0. The molecule has 0 fully saturated rings. The zero-order valence-corrected chi connectivity index (χ0v) is 11.8. The second kappa shape index (κ2) is 5.64. The van der Waals surface area contributed by atoms with Gasteiger partial charge in [-0.15, -0.1) is 0 Å². The molecule has 2 heteroatoms. The Morgan fingerprint density at radius 1 is 1.00 bits per heavy atom. The minimum absolute atomic E-state index is 0.451. The summed E-state index contributed by atoms with van der Waals surface area (Å²) in [4.78, 5) is 0. The first-order valence-corrected chi connectivity index (χ1v) is 6.93. The molecule has 0 amide bonds. The molecule has 0 radical (unpaired) electrons. The lowest BCUT2D eigenvalue weighted by Gasteiger charge is -2.19. The van der Waals surface area contributed by atoms with Gasteiger partial charge in [0.15, 0.2) is 11.5 Å². The first-order chi connectivity index (χ1) is 8.54. The third-order valence-electron chi connectivity index (χ3n) is 3.25. The maximum absolute atomic E-state index is 5.60. The third-order valence-corrected chi connectivity index (χ3v) is 3.25. The molecule has 0 aromatic heterocycles. The summed E-state index contributed by atoms with van der Waals surface area (Å²) in [5, 5.41) is 0. The predicted molar refractivity (Wildman–Crippen MR) is 74.4 cm³/mol. The van der Waals surface area contributed by atoms with Crippen LogP contribution in [0.3, 0.4) is 0 Å². The van der Waals surface area contributed by atoms with Gasteiger partial charge in [-0.2, -0.15) is 0 Å². The zero-order chi connectivity index (χ0) is 13.0. The lowest BCUT2D eigenvalue weighted by molar-refractivity contribution is 0.171. The van der Waals surface area contributed by atoms with Crippen LogP contribution in [0.4, 0.5) is 0 Å². The second-order valence-electron chi connectivity index (χ2n) is 6.25. The van der Waals surface area contributed by atoms with Crippen molar-refractivity contribution >= 4 is 0 Å². The first-order valence-electron chi connectivity index (χ1n) is 6.93. The van der Waals surface area contributed by atoms with E-state index in [-0.39, 0.29) is 0 Å². The standard InChI is InChI=1S/C16H24O2/c1-16(2,3)9-5-4-6-13-7-8-14-15(12-13)18-11-10-17-14/h7-8,12H,4-6,9-11H2,1-3H3. The van der Waals surface area contributed by atoms with Gasteiger partial charge in [0.25, 0.3) is 0 Å². The minimum atomic E-state index is 0.451. The van der Waals surface area contributed by atoms with E-state index >= 15 is 0 Å². The highest BCUT2D eigenvalue weighted by Crippen LogP contribution is 2.31. The van der Waals surface area contributed by atoms with Gasteiger partial charge >= 0.3 is 0 Å². The topological polar surface area (TPSA) is 18.5 Å². The van der Waals surface area contributed by atoms with Crippen molar-refractivity contribution in [3.05, 3.63) is 23.8 Å². The van der Waals surface area contributed by atoms with Crippen molar-refractivity contribution in [2.45, 2.75) is 46.5 Å². The predicted octanol–water partition coefficient (Wildman–Crippen LogP) is 4.22. The molecule has 0 bridgehead atoms. The number of rotatable bonds is 4. The van der Waals surface area contributed by atoms with Gasteiger partial charge < -0.3 is 9.47 Å². The molecule has 0 aliphatic carbocycles. The Morgan fingerprint density at radius 2 is 1.72 bits per heavy atom. The van der Waals surface area contributed by atoms with E-state index in [9.17, 15) is 0 Å². The third kappa shape index (κ3) is 3.94. The van der Waals surface area contributed by atoms with Crippen molar-refractivity contribution in [1.82, 2.24) is 0 Å². The van der Waals surface area contributed by atoms with Crippen LogP contribution in [0.1, 0.15) is 45.6 Å². The van der Waals surface area contributed by atoms with Crippen molar-refractivity contribution in [2.75, 3.05) is 13.2 Å². The Kier molecular flexibility index (Phi) is 4.15. The number of ether oxygens (including phenoxy) is 2. The molecule has 1 heterocycles. The van der Waals surface area contributed by atoms with Gasteiger partial charge in [-0.25, -0.2) is 0 Å². The van der Waals surface area contributed by atoms with Crippen LogP contribution < -0.4 is 9.47 Å². The quantitative estimate of drug-likeness (QED) is 0.743. The number of unbranched alkanes of at least 4 members (excludes halogenated alkanes) is 1. The van der Waals surface area contributed by atoms with Crippen molar-refractivity contribution in [3.63, 3.8) is 0 Å². The van der Waals surface area contributed by atoms with Gasteiger partial charge in [-0.3, -0.25) is 0 Å². The van der Waals surface area contributed by atoms with E-state index < -0.39 is 0 Å². The Morgan fingerprint density at radius 3 is 2.44 bits per heavy atom. The normalized spacial score (nSPS) is 14.6. The highest BCUT2D eigenvalue weighted by atomic mass is 16.6. The van der Waals surface area contributed by atoms with Gasteiger partial charge in [0, 0.05) is 0 Å². The Labute approximate surface area is 110 Å². The smallest absolute Gasteiger partial charge is 0.161 e. The molecule has 0 atom stereocenters.